The van der Waals surface area contributed by atoms with E-state index >= 15 is 0 Å². The van der Waals surface area contributed by atoms with Crippen molar-refractivity contribution in [1.29, 1.82) is 0 Å². The zero-order valence-corrected chi connectivity index (χ0v) is 11.1. The van der Waals surface area contributed by atoms with Crippen LogP contribution in [0.2, 0.25) is 0 Å². The van der Waals surface area contributed by atoms with Crippen LogP contribution >= 0.6 is 0 Å². The van der Waals surface area contributed by atoms with Crippen LogP contribution in [0, 0.1) is 0 Å². The molecule has 0 bridgehead atoms. The van der Waals surface area contributed by atoms with Crippen molar-refractivity contribution in [3.8, 4) is 0 Å². The van der Waals surface area contributed by atoms with E-state index in [1.165, 1.54) is 20.4 Å². The summed E-state index contributed by atoms with van der Waals surface area (Å²) in [4.78, 5) is 32.1. The average Bonchev–Trinajstić information content (AvgIpc) is 2.91. The SMILES string of the molecule is COC(=O)c1nccc(N2CC(OC)CC2C(=O)O)n1. The summed E-state index contributed by atoms with van der Waals surface area (Å²) in [6.45, 7) is 0.394. The highest BCUT2D eigenvalue weighted by molar-refractivity contribution is 5.85. The van der Waals surface area contributed by atoms with Crippen molar-refractivity contribution >= 4 is 17.8 Å². The minimum atomic E-state index is -0.956. The maximum atomic E-state index is 11.4. The Bertz CT molecular complexity index is 522. The van der Waals surface area contributed by atoms with Crippen LogP contribution in [0.15, 0.2) is 12.3 Å². The smallest absolute Gasteiger partial charge is 0.376 e. The highest BCUT2D eigenvalue weighted by Crippen LogP contribution is 2.25. The predicted octanol–water partition coefficient (Wildman–Crippen LogP) is -0.0585. The van der Waals surface area contributed by atoms with Crippen molar-refractivity contribution in [3.63, 3.8) is 0 Å². The Kier molecular flexibility index (Phi) is 4.14. The maximum absolute atomic E-state index is 11.4. The van der Waals surface area contributed by atoms with Crippen molar-refractivity contribution < 1.29 is 24.2 Å². The highest BCUT2D eigenvalue weighted by Gasteiger charge is 2.38. The number of hydrogen-bond donors (Lipinski definition) is 1. The number of esters is 1. The molecule has 8 nitrogen and oxygen atoms in total. The number of nitrogens with zero attached hydrogens (tertiary/aromatic N) is 3. The van der Waals surface area contributed by atoms with E-state index in [-0.39, 0.29) is 11.9 Å². The number of aliphatic carboxylic acids is 1. The van der Waals surface area contributed by atoms with Gasteiger partial charge in [-0.1, -0.05) is 0 Å². The second kappa shape index (κ2) is 5.83. The number of anilines is 1. The Labute approximate surface area is 115 Å². The summed E-state index contributed by atoms with van der Waals surface area (Å²) >= 11 is 0. The summed E-state index contributed by atoms with van der Waals surface area (Å²) in [6, 6.07) is 0.820. The summed E-state index contributed by atoms with van der Waals surface area (Å²) in [7, 11) is 2.77. The van der Waals surface area contributed by atoms with Crippen molar-refractivity contribution in [2.45, 2.75) is 18.6 Å². The third kappa shape index (κ3) is 2.69. The molecule has 0 aliphatic carbocycles. The fourth-order valence-corrected chi connectivity index (χ4v) is 2.15. The lowest BCUT2D eigenvalue weighted by atomic mass is 10.2. The fraction of sp³-hybridized carbons (Fsp3) is 0.500. The molecule has 0 spiro atoms. The van der Waals surface area contributed by atoms with Gasteiger partial charge in [-0.25, -0.2) is 19.6 Å². The number of rotatable bonds is 4. The number of carboxylic acid groups (broad SMARTS) is 1. The Morgan fingerprint density at radius 2 is 2.20 bits per heavy atom. The lowest BCUT2D eigenvalue weighted by Gasteiger charge is -2.22. The van der Waals surface area contributed by atoms with Gasteiger partial charge in [-0.3, -0.25) is 0 Å². The molecule has 1 aromatic rings. The maximum Gasteiger partial charge on any atom is 0.376 e. The van der Waals surface area contributed by atoms with Gasteiger partial charge in [-0.2, -0.15) is 0 Å². The minimum absolute atomic E-state index is 0.102. The predicted molar refractivity (Wildman–Crippen MR) is 67.6 cm³/mol. The third-order valence-electron chi connectivity index (χ3n) is 3.18. The van der Waals surface area contributed by atoms with Crippen molar-refractivity contribution in [2.24, 2.45) is 0 Å². The van der Waals surface area contributed by atoms with Crippen LogP contribution in [-0.2, 0) is 14.3 Å². The zero-order chi connectivity index (χ0) is 14.7. The van der Waals surface area contributed by atoms with E-state index < -0.39 is 18.0 Å². The van der Waals surface area contributed by atoms with Gasteiger partial charge >= 0.3 is 11.9 Å². The van der Waals surface area contributed by atoms with E-state index in [2.05, 4.69) is 14.7 Å². The van der Waals surface area contributed by atoms with E-state index in [0.717, 1.165) is 0 Å². The molecule has 1 aromatic heterocycles. The van der Waals surface area contributed by atoms with Gasteiger partial charge in [0.15, 0.2) is 0 Å². The molecule has 1 fully saturated rings. The summed E-state index contributed by atoms with van der Waals surface area (Å²) in [5.74, 6) is -1.36. The van der Waals surface area contributed by atoms with Gasteiger partial charge < -0.3 is 19.5 Å². The molecule has 0 aromatic carbocycles. The van der Waals surface area contributed by atoms with Gasteiger partial charge in [-0.15, -0.1) is 0 Å². The number of carbonyl (C=O) groups is 2. The summed E-state index contributed by atoms with van der Waals surface area (Å²) in [5, 5.41) is 9.25. The Morgan fingerprint density at radius 3 is 2.80 bits per heavy atom. The van der Waals surface area contributed by atoms with E-state index in [1.54, 1.807) is 11.0 Å². The molecule has 1 aliphatic heterocycles. The third-order valence-corrected chi connectivity index (χ3v) is 3.18. The van der Waals surface area contributed by atoms with E-state index in [0.29, 0.717) is 18.8 Å². The molecule has 0 saturated carbocycles. The topological polar surface area (TPSA) is 102 Å². The Balaban J connectivity index is 2.29. The molecule has 2 unspecified atom stereocenters. The first-order valence-electron chi connectivity index (χ1n) is 6.00. The molecule has 1 aliphatic rings. The van der Waals surface area contributed by atoms with E-state index in [9.17, 15) is 14.7 Å². The molecule has 0 radical (unpaired) electrons. The lowest BCUT2D eigenvalue weighted by molar-refractivity contribution is -0.138. The highest BCUT2D eigenvalue weighted by atomic mass is 16.5. The van der Waals surface area contributed by atoms with Gasteiger partial charge in [-0.05, 0) is 6.07 Å². The van der Waals surface area contributed by atoms with Crippen LogP contribution in [0.1, 0.15) is 17.0 Å². The van der Waals surface area contributed by atoms with Crippen molar-refractivity contribution in [2.75, 3.05) is 25.7 Å². The first-order valence-corrected chi connectivity index (χ1v) is 6.00. The number of hydrogen-bond acceptors (Lipinski definition) is 7. The van der Waals surface area contributed by atoms with Gasteiger partial charge in [0.1, 0.15) is 11.9 Å². The quantitative estimate of drug-likeness (QED) is 0.766. The second-order valence-corrected chi connectivity index (χ2v) is 4.33. The first-order chi connectivity index (χ1) is 9.56. The molecular weight excluding hydrogens is 266 g/mol. The molecule has 1 N–H and O–H groups in total. The standard InChI is InChI=1S/C12H15N3O5/c1-19-7-5-8(11(16)17)15(6-7)9-3-4-13-10(14-9)12(18)20-2/h3-4,7-8H,5-6H2,1-2H3,(H,16,17). The molecule has 2 atom stereocenters. The second-order valence-electron chi connectivity index (χ2n) is 4.33. The number of ether oxygens (including phenoxy) is 2. The number of carbonyl (C=O) groups excluding carboxylic acids is 1. The monoisotopic (exact) mass is 281 g/mol. The molecule has 8 heteroatoms. The first kappa shape index (κ1) is 14.2. The molecule has 1 saturated heterocycles. The van der Waals surface area contributed by atoms with Crippen LogP contribution in [0.5, 0.6) is 0 Å². The molecule has 2 rings (SSSR count). The lowest BCUT2D eigenvalue weighted by Crippen LogP contribution is -2.36. The number of carboxylic acids is 1. The van der Waals surface area contributed by atoms with E-state index in [4.69, 9.17) is 4.74 Å². The average molecular weight is 281 g/mol. The van der Waals surface area contributed by atoms with Crippen LogP contribution in [0.25, 0.3) is 0 Å². The fourth-order valence-electron chi connectivity index (χ4n) is 2.15. The van der Waals surface area contributed by atoms with Crippen LogP contribution in [0.3, 0.4) is 0 Å². The van der Waals surface area contributed by atoms with Gasteiger partial charge in [0.05, 0.1) is 13.2 Å². The van der Waals surface area contributed by atoms with Crippen molar-refractivity contribution in [3.05, 3.63) is 18.1 Å². The molecule has 2 heterocycles. The minimum Gasteiger partial charge on any atom is -0.480 e. The summed E-state index contributed by atoms with van der Waals surface area (Å²) in [5.41, 5.74) is 0. The molecular formula is C12H15N3O5. The van der Waals surface area contributed by atoms with Crippen LogP contribution < -0.4 is 4.90 Å². The number of aromatic nitrogens is 2. The van der Waals surface area contributed by atoms with Crippen LogP contribution in [-0.4, -0.2) is 59.9 Å². The zero-order valence-electron chi connectivity index (χ0n) is 11.1. The Hall–Kier alpha value is -2.22. The molecule has 108 valence electrons. The summed E-state index contributed by atoms with van der Waals surface area (Å²) < 4.78 is 9.75. The molecule has 0 amide bonds. The van der Waals surface area contributed by atoms with Crippen molar-refractivity contribution in [1.82, 2.24) is 9.97 Å². The molecule has 20 heavy (non-hydrogen) atoms. The number of methoxy groups -OCH3 is 2. The normalized spacial score (nSPS) is 21.8. The summed E-state index contributed by atoms with van der Waals surface area (Å²) in [6.07, 6.45) is 1.57. The largest absolute Gasteiger partial charge is 0.480 e. The van der Waals surface area contributed by atoms with Gasteiger partial charge in [0.2, 0.25) is 5.82 Å². The van der Waals surface area contributed by atoms with Crippen LogP contribution in [0.4, 0.5) is 5.82 Å². The Morgan fingerprint density at radius 1 is 1.45 bits per heavy atom. The van der Waals surface area contributed by atoms with E-state index in [1.807, 2.05) is 0 Å². The van der Waals surface area contributed by atoms with Gasteiger partial charge in [0.25, 0.3) is 0 Å². The van der Waals surface area contributed by atoms with Gasteiger partial charge in [0, 0.05) is 26.3 Å².